The van der Waals surface area contributed by atoms with E-state index >= 15 is 0 Å². The van der Waals surface area contributed by atoms with Gasteiger partial charge < -0.3 is 9.79 Å². The average Bonchev–Trinajstić information content (AvgIpc) is 2.29. The fourth-order valence-electron chi connectivity index (χ4n) is 2.00. The number of alkyl halides is 1. The zero-order chi connectivity index (χ0) is 13.7. The summed E-state index contributed by atoms with van der Waals surface area (Å²) in [5.74, 6) is 0. The topological polar surface area (TPSA) is 57.5 Å². The molecule has 0 spiro atoms. The van der Waals surface area contributed by atoms with E-state index in [-0.39, 0.29) is 6.16 Å². The highest BCUT2D eigenvalue weighted by Crippen LogP contribution is 2.35. The fourth-order valence-corrected chi connectivity index (χ4v) is 3.18. The van der Waals surface area contributed by atoms with E-state index in [4.69, 9.17) is 9.79 Å². The van der Waals surface area contributed by atoms with Crippen molar-refractivity contribution in [2.75, 3.05) is 10.6 Å². The first-order valence-corrected chi connectivity index (χ1v) is 10.5. The summed E-state index contributed by atoms with van der Waals surface area (Å²) in [5.41, 5.74) is 0. The quantitative estimate of drug-likeness (QED) is 0.204. The van der Waals surface area contributed by atoms with Gasteiger partial charge in [-0.25, -0.2) is 0 Å². The molecule has 0 aromatic rings. The van der Waals surface area contributed by atoms with Gasteiger partial charge in [0.05, 0.1) is 0 Å². The number of rotatable bonds is 13. The third kappa shape index (κ3) is 16.9. The Kier molecular flexibility index (Phi) is 13.5. The van der Waals surface area contributed by atoms with Crippen molar-refractivity contribution in [2.24, 2.45) is 0 Å². The highest BCUT2D eigenvalue weighted by molar-refractivity contribution is 14.1. The molecule has 0 saturated carbocycles. The van der Waals surface area contributed by atoms with Gasteiger partial charge in [-0.05, 0) is 17.3 Å². The molecule has 0 fully saturated rings. The summed E-state index contributed by atoms with van der Waals surface area (Å²) >= 11 is 2.43. The summed E-state index contributed by atoms with van der Waals surface area (Å²) in [6, 6.07) is 0. The minimum absolute atomic E-state index is 0.0593. The van der Waals surface area contributed by atoms with Crippen molar-refractivity contribution in [3.63, 3.8) is 0 Å². The molecule has 0 aliphatic carbocycles. The molecule has 0 aromatic heterocycles. The van der Waals surface area contributed by atoms with Gasteiger partial charge in [-0.15, -0.1) is 0 Å². The SMILES string of the molecule is O=P(O)(O)CCCCCCCCCCCCCI. The zero-order valence-electron chi connectivity index (χ0n) is 11.3. The summed E-state index contributed by atoms with van der Waals surface area (Å²) in [6.07, 6.45) is 13.5. The first kappa shape index (κ1) is 18.9. The van der Waals surface area contributed by atoms with Crippen molar-refractivity contribution in [3.05, 3.63) is 0 Å². The fraction of sp³-hybridized carbons (Fsp3) is 1.00. The van der Waals surface area contributed by atoms with E-state index in [0.717, 1.165) is 12.8 Å². The molecule has 18 heavy (non-hydrogen) atoms. The molecule has 0 heterocycles. The summed E-state index contributed by atoms with van der Waals surface area (Å²) in [6.45, 7) is 0. The van der Waals surface area contributed by atoms with Crippen LogP contribution in [0.25, 0.3) is 0 Å². The lowest BCUT2D eigenvalue weighted by Gasteiger charge is -2.04. The highest BCUT2D eigenvalue weighted by Gasteiger charge is 2.10. The molecular formula is C13H28IO3P. The van der Waals surface area contributed by atoms with E-state index in [1.54, 1.807) is 0 Å². The van der Waals surface area contributed by atoms with Crippen molar-refractivity contribution >= 4 is 30.2 Å². The summed E-state index contributed by atoms with van der Waals surface area (Å²) in [7, 11) is -3.75. The summed E-state index contributed by atoms with van der Waals surface area (Å²) in [4.78, 5) is 17.4. The van der Waals surface area contributed by atoms with Gasteiger partial charge in [-0.1, -0.05) is 80.4 Å². The predicted molar refractivity (Wildman–Crippen MR) is 86.6 cm³/mol. The van der Waals surface area contributed by atoms with Crippen molar-refractivity contribution in [2.45, 2.75) is 70.6 Å². The average molecular weight is 390 g/mol. The lowest BCUT2D eigenvalue weighted by molar-refractivity contribution is 0.370. The first-order chi connectivity index (χ1) is 8.56. The van der Waals surface area contributed by atoms with Crippen LogP contribution in [0.1, 0.15) is 70.6 Å². The Labute approximate surface area is 125 Å². The minimum Gasteiger partial charge on any atom is -0.324 e. The smallest absolute Gasteiger partial charge is 0.324 e. The second kappa shape index (κ2) is 12.9. The van der Waals surface area contributed by atoms with Crippen LogP contribution in [0, 0.1) is 0 Å². The second-order valence-electron chi connectivity index (χ2n) is 4.97. The molecule has 0 radical (unpaired) electrons. The number of unbranched alkanes of at least 4 members (excludes halogenated alkanes) is 10. The summed E-state index contributed by atoms with van der Waals surface area (Å²) < 4.78 is 11.9. The largest absolute Gasteiger partial charge is 0.325 e. The van der Waals surface area contributed by atoms with Crippen molar-refractivity contribution < 1.29 is 14.4 Å². The third-order valence-corrected chi connectivity index (χ3v) is 4.74. The van der Waals surface area contributed by atoms with Crippen molar-refractivity contribution in [1.82, 2.24) is 0 Å². The predicted octanol–water partition coefficient (Wildman–Crippen LogP) is 4.89. The molecule has 0 aromatic carbocycles. The maximum absolute atomic E-state index is 10.6. The molecule has 5 heteroatoms. The van der Waals surface area contributed by atoms with Gasteiger partial charge >= 0.3 is 7.60 Å². The molecule has 2 N–H and O–H groups in total. The van der Waals surface area contributed by atoms with E-state index in [9.17, 15) is 4.57 Å². The lowest BCUT2D eigenvalue weighted by atomic mass is 10.1. The standard InChI is InChI=1S/C13H28IO3P/c14-12-10-8-6-4-2-1-3-5-7-9-11-13-18(15,16)17/h1-13H2,(H2,15,16,17). The number of hydrogen-bond acceptors (Lipinski definition) is 1. The van der Waals surface area contributed by atoms with E-state index in [0.29, 0.717) is 6.42 Å². The van der Waals surface area contributed by atoms with Crippen LogP contribution in [0.15, 0.2) is 0 Å². The van der Waals surface area contributed by atoms with Gasteiger partial charge in [0.15, 0.2) is 0 Å². The second-order valence-corrected chi connectivity index (χ2v) is 7.82. The van der Waals surface area contributed by atoms with Gasteiger partial charge in [-0.2, -0.15) is 0 Å². The molecule has 0 amide bonds. The third-order valence-electron chi connectivity index (χ3n) is 3.08. The minimum atomic E-state index is -3.75. The molecular weight excluding hydrogens is 362 g/mol. The van der Waals surface area contributed by atoms with Crippen LogP contribution in [0.3, 0.4) is 0 Å². The van der Waals surface area contributed by atoms with Crippen LogP contribution in [0.2, 0.25) is 0 Å². The molecule has 0 unspecified atom stereocenters. The molecule has 0 saturated heterocycles. The van der Waals surface area contributed by atoms with E-state index in [1.807, 2.05) is 0 Å². The molecule has 110 valence electrons. The van der Waals surface area contributed by atoms with Crippen LogP contribution in [-0.2, 0) is 4.57 Å². The Morgan fingerprint density at radius 1 is 0.667 bits per heavy atom. The van der Waals surface area contributed by atoms with Crippen LogP contribution >= 0.6 is 30.2 Å². The molecule has 0 aliphatic heterocycles. The van der Waals surface area contributed by atoms with Gasteiger partial charge in [0.2, 0.25) is 0 Å². The Morgan fingerprint density at radius 3 is 1.33 bits per heavy atom. The lowest BCUT2D eigenvalue weighted by Crippen LogP contribution is -1.88. The van der Waals surface area contributed by atoms with Crippen LogP contribution in [0.4, 0.5) is 0 Å². The maximum atomic E-state index is 10.6. The number of hydrogen-bond donors (Lipinski definition) is 2. The molecule has 0 rings (SSSR count). The molecule has 0 bridgehead atoms. The Morgan fingerprint density at radius 2 is 1.00 bits per heavy atom. The Balaban J connectivity index is 3.01. The highest BCUT2D eigenvalue weighted by atomic mass is 127. The summed E-state index contributed by atoms with van der Waals surface area (Å²) in [5, 5.41) is 0. The monoisotopic (exact) mass is 390 g/mol. The Bertz CT molecular complexity index is 218. The van der Waals surface area contributed by atoms with Gasteiger partial charge in [0.1, 0.15) is 0 Å². The molecule has 0 atom stereocenters. The maximum Gasteiger partial charge on any atom is 0.325 e. The number of halogens is 1. The van der Waals surface area contributed by atoms with Crippen LogP contribution < -0.4 is 0 Å². The zero-order valence-corrected chi connectivity index (χ0v) is 14.4. The van der Waals surface area contributed by atoms with Crippen molar-refractivity contribution in [3.8, 4) is 0 Å². The van der Waals surface area contributed by atoms with Crippen LogP contribution in [-0.4, -0.2) is 20.4 Å². The molecule has 0 aliphatic rings. The van der Waals surface area contributed by atoms with Gasteiger partial charge in [-0.3, -0.25) is 4.57 Å². The van der Waals surface area contributed by atoms with Crippen LogP contribution in [0.5, 0.6) is 0 Å². The van der Waals surface area contributed by atoms with E-state index in [2.05, 4.69) is 22.6 Å². The first-order valence-electron chi connectivity index (χ1n) is 7.17. The van der Waals surface area contributed by atoms with Gasteiger partial charge in [0.25, 0.3) is 0 Å². The van der Waals surface area contributed by atoms with E-state index in [1.165, 1.54) is 55.8 Å². The normalized spacial score (nSPS) is 11.9. The molecule has 3 nitrogen and oxygen atoms in total. The Hall–Kier alpha value is 0.880. The van der Waals surface area contributed by atoms with Crippen molar-refractivity contribution in [1.29, 1.82) is 0 Å². The van der Waals surface area contributed by atoms with Gasteiger partial charge in [0, 0.05) is 6.16 Å². The van der Waals surface area contributed by atoms with E-state index < -0.39 is 7.60 Å².